The van der Waals surface area contributed by atoms with Gasteiger partial charge in [-0.25, -0.2) is 0 Å². The molecule has 2 aromatic carbocycles. The van der Waals surface area contributed by atoms with Crippen LogP contribution in [-0.2, 0) is 11.3 Å². The first kappa shape index (κ1) is 20.8. The molecular formula is C18H23IN4O2. The minimum absolute atomic E-state index is 0. The van der Waals surface area contributed by atoms with Gasteiger partial charge < -0.3 is 20.7 Å². The molecule has 0 atom stereocenters. The topological polar surface area (TPSA) is 74.8 Å². The molecule has 0 heterocycles. The molecule has 0 saturated carbocycles. The van der Waals surface area contributed by atoms with E-state index in [0.29, 0.717) is 12.5 Å². The predicted molar refractivity (Wildman–Crippen MR) is 112 cm³/mol. The third kappa shape index (κ3) is 7.42. The maximum Gasteiger partial charge on any atom is 0.243 e. The SMILES string of the molecule is CN=C(NCC(=O)Nc1ccccc1)NCc1ccc(OC)cc1.I. The van der Waals surface area contributed by atoms with Crippen molar-refractivity contribution >= 4 is 41.5 Å². The van der Waals surface area contributed by atoms with Crippen LogP contribution in [0.1, 0.15) is 5.56 Å². The van der Waals surface area contributed by atoms with E-state index in [9.17, 15) is 4.79 Å². The molecule has 0 saturated heterocycles. The number of aliphatic imine (C=N–C) groups is 1. The molecule has 0 aliphatic rings. The van der Waals surface area contributed by atoms with Gasteiger partial charge in [0.05, 0.1) is 13.7 Å². The van der Waals surface area contributed by atoms with Crippen LogP contribution in [-0.4, -0.2) is 32.6 Å². The molecule has 6 nitrogen and oxygen atoms in total. The van der Waals surface area contributed by atoms with Gasteiger partial charge in [-0.05, 0) is 29.8 Å². The molecule has 0 spiro atoms. The van der Waals surface area contributed by atoms with E-state index < -0.39 is 0 Å². The number of hydrogen-bond donors (Lipinski definition) is 3. The summed E-state index contributed by atoms with van der Waals surface area (Å²) in [7, 11) is 3.30. The summed E-state index contributed by atoms with van der Waals surface area (Å²) in [6.07, 6.45) is 0. The summed E-state index contributed by atoms with van der Waals surface area (Å²) in [5, 5.41) is 8.95. The molecule has 0 radical (unpaired) electrons. The summed E-state index contributed by atoms with van der Waals surface area (Å²) in [6.45, 7) is 0.737. The number of nitrogens with zero attached hydrogens (tertiary/aromatic N) is 1. The van der Waals surface area contributed by atoms with Crippen LogP contribution >= 0.6 is 24.0 Å². The van der Waals surface area contributed by atoms with Crippen molar-refractivity contribution < 1.29 is 9.53 Å². The van der Waals surface area contributed by atoms with E-state index in [0.717, 1.165) is 17.0 Å². The first-order valence-corrected chi connectivity index (χ1v) is 7.63. The van der Waals surface area contributed by atoms with Gasteiger partial charge in [0, 0.05) is 19.3 Å². The van der Waals surface area contributed by atoms with E-state index in [2.05, 4.69) is 20.9 Å². The van der Waals surface area contributed by atoms with Crippen LogP contribution in [0.5, 0.6) is 5.75 Å². The predicted octanol–water partition coefficient (Wildman–Crippen LogP) is 2.62. The van der Waals surface area contributed by atoms with Crippen molar-refractivity contribution in [3.63, 3.8) is 0 Å². The second kappa shape index (κ2) is 11.3. The van der Waals surface area contributed by atoms with Gasteiger partial charge in [-0.3, -0.25) is 9.79 Å². The van der Waals surface area contributed by atoms with Crippen molar-refractivity contribution in [2.45, 2.75) is 6.54 Å². The zero-order chi connectivity index (χ0) is 17.2. The standard InChI is InChI=1S/C18H22N4O2.HI/c1-19-18(20-12-14-8-10-16(24-2)11-9-14)21-13-17(23)22-15-6-4-3-5-7-15;/h3-11H,12-13H2,1-2H3,(H,22,23)(H2,19,20,21);1H. The van der Waals surface area contributed by atoms with Gasteiger partial charge in [0.25, 0.3) is 0 Å². The number of rotatable bonds is 6. The number of hydrogen-bond acceptors (Lipinski definition) is 3. The summed E-state index contributed by atoms with van der Waals surface area (Å²) in [5.41, 5.74) is 1.86. The van der Waals surface area contributed by atoms with Crippen LogP contribution in [0.2, 0.25) is 0 Å². The quantitative estimate of drug-likeness (QED) is 0.357. The summed E-state index contributed by atoms with van der Waals surface area (Å²) < 4.78 is 5.13. The fourth-order valence-corrected chi connectivity index (χ4v) is 2.04. The molecule has 2 rings (SSSR count). The van der Waals surface area contributed by atoms with Gasteiger partial charge in [0.1, 0.15) is 5.75 Å². The average molecular weight is 454 g/mol. The Bertz CT molecular complexity index is 675. The van der Waals surface area contributed by atoms with Crippen LogP contribution in [0, 0.1) is 0 Å². The molecule has 7 heteroatoms. The number of halogens is 1. The Morgan fingerprint density at radius 3 is 2.32 bits per heavy atom. The highest BCUT2D eigenvalue weighted by Crippen LogP contribution is 2.10. The van der Waals surface area contributed by atoms with Gasteiger partial charge in [-0.2, -0.15) is 0 Å². The van der Waals surface area contributed by atoms with Gasteiger partial charge in [-0.15, -0.1) is 24.0 Å². The Kier molecular flexibility index (Phi) is 9.38. The number of carbonyl (C=O) groups is 1. The molecule has 0 fully saturated rings. The normalized spacial score (nSPS) is 10.4. The van der Waals surface area contributed by atoms with E-state index in [4.69, 9.17) is 4.74 Å². The molecule has 0 unspecified atom stereocenters. The van der Waals surface area contributed by atoms with Crippen LogP contribution in [0.25, 0.3) is 0 Å². The smallest absolute Gasteiger partial charge is 0.243 e. The van der Waals surface area contributed by atoms with Gasteiger partial charge in [0.15, 0.2) is 5.96 Å². The number of benzene rings is 2. The summed E-state index contributed by atoms with van der Waals surface area (Å²) >= 11 is 0. The zero-order valence-corrected chi connectivity index (χ0v) is 16.6. The molecule has 0 aliphatic heterocycles. The van der Waals surface area contributed by atoms with Crippen LogP contribution in [0.3, 0.4) is 0 Å². The highest BCUT2D eigenvalue weighted by atomic mass is 127. The number of ether oxygens (including phenoxy) is 1. The van der Waals surface area contributed by atoms with E-state index >= 15 is 0 Å². The van der Waals surface area contributed by atoms with Crippen LogP contribution in [0.15, 0.2) is 59.6 Å². The maximum absolute atomic E-state index is 11.9. The Morgan fingerprint density at radius 2 is 1.72 bits per heavy atom. The lowest BCUT2D eigenvalue weighted by atomic mass is 10.2. The highest BCUT2D eigenvalue weighted by Gasteiger charge is 2.04. The third-order valence-electron chi connectivity index (χ3n) is 3.32. The van der Waals surface area contributed by atoms with Gasteiger partial charge in [0.2, 0.25) is 5.91 Å². The summed E-state index contributed by atoms with van der Waals surface area (Å²) in [6, 6.07) is 17.1. The first-order valence-electron chi connectivity index (χ1n) is 7.63. The number of nitrogens with one attached hydrogen (secondary N) is 3. The Balaban J connectivity index is 0.00000312. The largest absolute Gasteiger partial charge is 0.497 e. The van der Waals surface area contributed by atoms with E-state index in [1.807, 2.05) is 54.6 Å². The number of carbonyl (C=O) groups excluding carboxylic acids is 1. The summed E-state index contributed by atoms with van der Waals surface area (Å²) in [4.78, 5) is 16.0. The highest BCUT2D eigenvalue weighted by molar-refractivity contribution is 14.0. The minimum atomic E-state index is -0.131. The Labute approximate surface area is 165 Å². The molecule has 0 aliphatic carbocycles. The maximum atomic E-state index is 11.9. The minimum Gasteiger partial charge on any atom is -0.497 e. The lowest BCUT2D eigenvalue weighted by Gasteiger charge is -2.12. The molecule has 2 aromatic rings. The Morgan fingerprint density at radius 1 is 1.04 bits per heavy atom. The molecule has 0 bridgehead atoms. The fraction of sp³-hybridized carbons (Fsp3) is 0.222. The molecular weight excluding hydrogens is 431 g/mol. The van der Waals surface area contributed by atoms with Crippen LogP contribution < -0.4 is 20.7 Å². The van der Waals surface area contributed by atoms with E-state index in [-0.39, 0.29) is 36.4 Å². The fourth-order valence-electron chi connectivity index (χ4n) is 2.04. The molecule has 1 amide bonds. The number of guanidine groups is 1. The van der Waals surface area contributed by atoms with E-state index in [1.165, 1.54) is 0 Å². The van der Waals surface area contributed by atoms with Crippen molar-refractivity contribution in [3.05, 3.63) is 60.2 Å². The monoisotopic (exact) mass is 454 g/mol. The van der Waals surface area contributed by atoms with E-state index in [1.54, 1.807) is 14.2 Å². The molecule has 134 valence electrons. The third-order valence-corrected chi connectivity index (χ3v) is 3.32. The molecule has 25 heavy (non-hydrogen) atoms. The number of anilines is 1. The van der Waals surface area contributed by atoms with Crippen molar-refractivity contribution in [2.75, 3.05) is 26.0 Å². The number of amides is 1. The lowest BCUT2D eigenvalue weighted by Crippen LogP contribution is -2.41. The lowest BCUT2D eigenvalue weighted by molar-refractivity contribution is -0.115. The van der Waals surface area contributed by atoms with Crippen molar-refractivity contribution in [1.29, 1.82) is 0 Å². The average Bonchev–Trinajstić information content (AvgIpc) is 2.63. The second-order valence-corrected chi connectivity index (χ2v) is 5.04. The molecule has 0 aromatic heterocycles. The summed E-state index contributed by atoms with van der Waals surface area (Å²) in [5.74, 6) is 1.25. The van der Waals surface area contributed by atoms with Gasteiger partial charge in [-0.1, -0.05) is 30.3 Å². The zero-order valence-electron chi connectivity index (χ0n) is 14.3. The first-order chi connectivity index (χ1) is 11.7. The van der Waals surface area contributed by atoms with Gasteiger partial charge >= 0.3 is 0 Å². The van der Waals surface area contributed by atoms with Crippen molar-refractivity contribution in [2.24, 2.45) is 4.99 Å². The number of para-hydroxylation sites is 1. The Hall–Kier alpha value is -2.29. The van der Waals surface area contributed by atoms with Crippen LogP contribution in [0.4, 0.5) is 5.69 Å². The number of methoxy groups -OCH3 is 1. The van der Waals surface area contributed by atoms with Crippen molar-refractivity contribution in [3.8, 4) is 5.75 Å². The second-order valence-electron chi connectivity index (χ2n) is 5.04. The van der Waals surface area contributed by atoms with Crippen molar-refractivity contribution in [1.82, 2.24) is 10.6 Å². The molecule has 3 N–H and O–H groups in total.